The van der Waals surface area contributed by atoms with Crippen LogP contribution in [0.1, 0.15) is 6.42 Å². The molecule has 50 valence electrons. The fourth-order valence-electron chi connectivity index (χ4n) is 0.589. The van der Waals surface area contributed by atoms with E-state index in [4.69, 9.17) is 5.11 Å². The third-order valence-electron chi connectivity index (χ3n) is 0.980. The van der Waals surface area contributed by atoms with Crippen LogP contribution in [0.4, 0.5) is 0 Å². The first kappa shape index (κ1) is 6.61. The van der Waals surface area contributed by atoms with Crippen LogP contribution in [-0.2, 0) is 4.79 Å². The average Bonchev–Trinajstić information content (AvgIpc) is 1.90. The van der Waals surface area contributed by atoms with Gasteiger partial charge in [0.1, 0.15) is 0 Å². The predicted octanol–water partition coefficient (Wildman–Crippen LogP) is 0.606. The van der Waals surface area contributed by atoms with Crippen molar-refractivity contribution in [3.05, 3.63) is 0 Å². The summed E-state index contributed by atoms with van der Waals surface area (Å²) in [6.07, 6.45) is 1.00. The van der Waals surface area contributed by atoms with Gasteiger partial charge in [0, 0.05) is 12.3 Å². The number of aliphatic carboxylic acids is 1. The summed E-state index contributed by atoms with van der Waals surface area (Å²) in [6.45, 7) is 0.675. The lowest BCUT2D eigenvalue weighted by Gasteiger charge is -2.05. The van der Waals surface area contributed by atoms with Gasteiger partial charge in [0.15, 0.2) is 5.04 Å². The second-order valence-electron chi connectivity index (χ2n) is 1.69. The lowest BCUT2D eigenvalue weighted by atomic mass is 10.5. The van der Waals surface area contributed by atoms with Crippen molar-refractivity contribution in [2.75, 3.05) is 12.3 Å². The van der Waals surface area contributed by atoms with Gasteiger partial charge in [-0.25, -0.2) is 4.79 Å². The molecule has 0 bridgehead atoms. The zero-order valence-corrected chi connectivity index (χ0v) is 5.65. The van der Waals surface area contributed by atoms with Crippen LogP contribution in [0.2, 0.25) is 0 Å². The van der Waals surface area contributed by atoms with Gasteiger partial charge in [-0.15, -0.1) is 0 Å². The van der Waals surface area contributed by atoms with Crippen LogP contribution in [-0.4, -0.2) is 28.4 Å². The fourth-order valence-corrected chi connectivity index (χ4v) is 1.36. The van der Waals surface area contributed by atoms with E-state index in [2.05, 4.69) is 4.99 Å². The topological polar surface area (TPSA) is 49.7 Å². The summed E-state index contributed by atoms with van der Waals surface area (Å²) in [7, 11) is 0. The molecule has 1 aliphatic heterocycles. The molecule has 0 fully saturated rings. The minimum absolute atomic E-state index is 0.265. The Morgan fingerprint density at radius 2 is 2.56 bits per heavy atom. The Labute approximate surface area is 57.2 Å². The average molecular weight is 145 g/mol. The molecule has 0 aromatic rings. The van der Waals surface area contributed by atoms with Crippen molar-refractivity contribution in [3.8, 4) is 0 Å². The summed E-state index contributed by atoms with van der Waals surface area (Å²) in [5.74, 6) is 0.00481. The number of carboxylic acids is 1. The third kappa shape index (κ3) is 1.71. The highest BCUT2D eigenvalue weighted by Crippen LogP contribution is 2.11. The van der Waals surface area contributed by atoms with Crippen LogP contribution in [0.5, 0.6) is 0 Å². The first-order valence-electron chi connectivity index (χ1n) is 2.71. The Morgan fingerprint density at radius 3 is 2.89 bits per heavy atom. The van der Waals surface area contributed by atoms with E-state index in [1.807, 2.05) is 0 Å². The van der Waals surface area contributed by atoms with Crippen LogP contribution >= 0.6 is 11.8 Å². The van der Waals surface area contributed by atoms with Crippen LogP contribution in [0.15, 0.2) is 4.99 Å². The molecule has 0 saturated heterocycles. The van der Waals surface area contributed by atoms with Gasteiger partial charge in [-0.2, -0.15) is 0 Å². The first-order chi connectivity index (χ1) is 4.30. The van der Waals surface area contributed by atoms with Crippen molar-refractivity contribution < 1.29 is 9.90 Å². The Morgan fingerprint density at radius 1 is 1.78 bits per heavy atom. The molecule has 1 aliphatic rings. The standard InChI is InChI=1S/C5H7NO2S/c7-5(8)4-6-2-1-3-9-4/h1-3H2,(H,7,8). The molecule has 0 spiro atoms. The number of rotatable bonds is 1. The lowest BCUT2D eigenvalue weighted by Crippen LogP contribution is -2.13. The van der Waals surface area contributed by atoms with E-state index in [9.17, 15) is 4.79 Å². The Hall–Kier alpha value is -0.510. The highest BCUT2D eigenvalue weighted by Gasteiger charge is 2.11. The maximum absolute atomic E-state index is 10.2. The number of nitrogens with zero attached hydrogens (tertiary/aromatic N) is 1. The predicted molar refractivity (Wildman–Crippen MR) is 37.0 cm³/mol. The van der Waals surface area contributed by atoms with Crippen molar-refractivity contribution >= 4 is 22.8 Å². The molecule has 1 heterocycles. The maximum Gasteiger partial charge on any atom is 0.360 e. The van der Waals surface area contributed by atoms with Crippen LogP contribution in [0, 0.1) is 0 Å². The van der Waals surface area contributed by atoms with Gasteiger partial charge in [-0.3, -0.25) is 4.99 Å². The quantitative estimate of drug-likeness (QED) is 0.588. The highest BCUT2D eigenvalue weighted by molar-refractivity contribution is 8.15. The summed E-state index contributed by atoms with van der Waals surface area (Å²) in [4.78, 5) is 14.0. The molecule has 1 N–H and O–H groups in total. The van der Waals surface area contributed by atoms with Gasteiger partial charge in [-0.1, -0.05) is 11.8 Å². The minimum atomic E-state index is -0.889. The van der Waals surface area contributed by atoms with Crippen molar-refractivity contribution in [2.45, 2.75) is 6.42 Å². The molecule has 0 aromatic carbocycles. The Kier molecular flexibility index (Phi) is 2.10. The first-order valence-corrected chi connectivity index (χ1v) is 3.70. The molecule has 0 saturated carbocycles. The zero-order valence-electron chi connectivity index (χ0n) is 4.83. The Balaban J connectivity index is 2.57. The molecular formula is C5H7NO2S. The molecule has 0 radical (unpaired) electrons. The molecule has 9 heavy (non-hydrogen) atoms. The van der Waals surface area contributed by atoms with Gasteiger partial charge < -0.3 is 5.11 Å². The summed E-state index contributed by atoms with van der Waals surface area (Å²) in [5, 5.41) is 8.65. The van der Waals surface area contributed by atoms with E-state index in [0.717, 1.165) is 12.2 Å². The number of hydrogen-bond donors (Lipinski definition) is 1. The minimum Gasteiger partial charge on any atom is -0.476 e. The van der Waals surface area contributed by atoms with Gasteiger partial charge in [0.2, 0.25) is 0 Å². The van der Waals surface area contributed by atoms with E-state index in [-0.39, 0.29) is 5.04 Å². The smallest absolute Gasteiger partial charge is 0.360 e. The van der Waals surface area contributed by atoms with Gasteiger partial charge in [0.05, 0.1) is 0 Å². The van der Waals surface area contributed by atoms with Crippen molar-refractivity contribution in [1.29, 1.82) is 0 Å². The molecular weight excluding hydrogens is 138 g/mol. The van der Waals surface area contributed by atoms with Gasteiger partial charge in [-0.05, 0) is 6.42 Å². The molecule has 1 rings (SSSR count). The van der Waals surface area contributed by atoms with Gasteiger partial charge >= 0.3 is 5.97 Å². The van der Waals surface area contributed by atoms with E-state index in [1.54, 1.807) is 0 Å². The number of carbonyl (C=O) groups is 1. The summed E-state index contributed by atoms with van der Waals surface area (Å²) < 4.78 is 0. The molecule has 3 nitrogen and oxygen atoms in total. The van der Waals surface area contributed by atoms with Crippen molar-refractivity contribution in [3.63, 3.8) is 0 Å². The summed E-state index contributed by atoms with van der Waals surface area (Å²) >= 11 is 1.32. The molecule has 4 heteroatoms. The summed E-state index contributed by atoms with van der Waals surface area (Å²) in [5.41, 5.74) is 0. The number of hydrogen-bond acceptors (Lipinski definition) is 3. The maximum atomic E-state index is 10.2. The summed E-state index contributed by atoms with van der Waals surface area (Å²) in [6, 6.07) is 0. The van der Waals surface area contributed by atoms with Crippen molar-refractivity contribution in [1.82, 2.24) is 0 Å². The molecule has 0 atom stereocenters. The normalized spacial score (nSPS) is 18.9. The highest BCUT2D eigenvalue weighted by atomic mass is 32.2. The Bertz CT molecular complexity index is 155. The molecule has 0 amide bonds. The van der Waals surface area contributed by atoms with Crippen LogP contribution < -0.4 is 0 Å². The molecule has 0 aromatic heterocycles. The number of thioether (sulfide) groups is 1. The number of aliphatic imine (C=N–C) groups is 1. The van der Waals surface area contributed by atoms with E-state index < -0.39 is 5.97 Å². The van der Waals surface area contributed by atoms with E-state index >= 15 is 0 Å². The lowest BCUT2D eigenvalue weighted by molar-refractivity contribution is -0.129. The fraction of sp³-hybridized carbons (Fsp3) is 0.600. The van der Waals surface area contributed by atoms with E-state index in [0.29, 0.717) is 6.54 Å². The van der Waals surface area contributed by atoms with Crippen molar-refractivity contribution in [2.24, 2.45) is 4.99 Å². The molecule has 0 unspecified atom stereocenters. The zero-order chi connectivity index (χ0) is 6.69. The second-order valence-corrected chi connectivity index (χ2v) is 2.78. The van der Waals surface area contributed by atoms with Gasteiger partial charge in [0.25, 0.3) is 0 Å². The van der Waals surface area contributed by atoms with Crippen LogP contribution in [0.3, 0.4) is 0 Å². The monoisotopic (exact) mass is 145 g/mol. The third-order valence-corrected chi connectivity index (χ3v) is 2.05. The number of carboxylic acid groups (broad SMARTS) is 1. The molecule has 0 aliphatic carbocycles. The SMILES string of the molecule is O=C(O)C1=NCCCS1. The second kappa shape index (κ2) is 2.87. The van der Waals surface area contributed by atoms with E-state index in [1.165, 1.54) is 11.8 Å². The largest absolute Gasteiger partial charge is 0.476 e. The van der Waals surface area contributed by atoms with Crippen LogP contribution in [0.25, 0.3) is 0 Å².